The molecule has 0 aliphatic carbocycles. The molecule has 0 saturated heterocycles. The number of nitrogens with two attached hydrogens (primary N) is 1. The summed E-state index contributed by atoms with van der Waals surface area (Å²) in [7, 11) is 0. The normalized spacial score (nSPS) is 14.9. The molecular weight excluding hydrogens is 184 g/mol. The molecule has 0 aromatic carbocycles. The molecule has 1 heterocycles. The predicted octanol–water partition coefficient (Wildman–Crippen LogP) is 2.95. The van der Waals surface area contributed by atoms with E-state index in [0.29, 0.717) is 5.92 Å². The molecule has 2 atom stereocenters. The molecule has 2 nitrogen and oxygen atoms in total. The van der Waals surface area contributed by atoms with Gasteiger partial charge in [-0.25, -0.2) is 0 Å². The summed E-state index contributed by atoms with van der Waals surface area (Å²) >= 11 is 0. The van der Waals surface area contributed by atoms with Gasteiger partial charge in [0.2, 0.25) is 0 Å². The minimum absolute atomic E-state index is 0.495. The van der Waals surface area contributed by atoms with E-state index in [4.69, 9.17) is 5.73 Å². The van der Waals surface area contributed by atoms with Gasteiger partial charge < -0.3 is 5.73 Å². The zero-order chi connectivity index (χ0) is 11.1. The number of pyridine rings is 1. The van der Waals surface area contributed by atoms with Crippen molar-refractivity contribution in [2.75, 3.05) is 6.54 Å². The van der Waals surface area contributed by atoms with Crippen LogP contribution in [0.5, 0.6) is 0 Å². The van der Waals surface area contributed by atoms with Crippen LogP contribution in [0.1, 0.15) is 44.6 Å². The monoisotopic (exact) mass is 206 g/mol. The molecule has 15 heavy (non-hydrogen) atoms. The summed E-state index contributed by atoms with van der Waals surface area (Å²) in [5, 5.41) is 0. The molecule has 1 aromatic rings. The van der Waals surface area contributed by atoms with Crippen molar-refractivity contribution in [3.05, 3.63) is 30.1 Å². The van der Waals surface area contributed by atoms with E-state index in [1.807, 2.05) is 12.4 Å². The fourth-order valence-electron chi connectivity index (χ4n) is 2.10. The Bertz CT molecular complexity index is 258. The van der Waals surface area contributed by atoms with E-state index in [2.05, 4.69) is 31.0 Å². The van der Waals surface area contributed by atoms with Gasteiger partial charge in [0.25, 0.3) is 0 Å². The molecule has 0 saturated carbocycles. The van der Waals surface area contributed by atoms with Gasteiger partial charge in [0.05, 0.1) is 0 Å². The summed E-state index contributed by atoms with van der Waals surface area (Å²) in [4.78, 5) is 4.04. The molecule has 2 heteroatoms. The van der Waals surface area contributed by atoms with E-state index in [0.717, 1.165) is 12.5 Å². The SMILES string of the molecule is CCC[C@@H](C)C[C@@H](CN)c1ccncc1. The molecule has 0 aliphatic heterocycles. The number of rotatable bonds is 6. The highest BCUT2D eigenvalue weighted by Crippen LogP contribution is 2.24. The highest BCUT2D eigenvalue weighted by molar-refractivity contribution is 5.16. The summed E-state index contributed by atoms with van der Waals surface area (Å²) in [6, 6.07) is 4.16. The Kier molecular flexibility index (Phi) is 5.33. The first-order valence-electron chi connectivity index (χ1n) is 5.87. The van der Waals surface area contributed by atoms with Crippen LogP contribution in [0.4, 0.5) is 0 Å². The van der Waals surface area contributed by atoms with Crippen molar-refractivity contribution in [3.8, 4) is 0 Å². The van der Waals surface area contributed by atoms with Crippen LogP contribution in [0.2, 0.25) is 0 Å². The van der Waals surface area contributed by atoms with Crippen LogP contribution < -0.4 is 5.73 Å². The molecule has 0 amide bonds. The second-order valence-electron chi connectivity index (χ2n) is 4.34. The van der Waals surface area contributed by atoms with Crippen LogP contribution in [0.3, 0.4) is 0 Å². The summed E-state index contributed by atoms with van der Waals surface area (Å²) in [6.07, 6.45) is 7.44. The van der Waals surface area contributed by atoms with Crippen molar-refractivity contribution in [2.24, 2.45) is 11.7 Å². The Balaban J connectivity index is 2.56. The zero-order valence-corrected chi connectivity index (χ0v) is 9.82. The van der Waals surface area contributed by atoms with Gasteiger partial charge in [0.15, 0.2) is 0 Å². The number of nitrogens with zero attached hydrogens (tertiary/aromatic N) is 1. The lowest BCUT2D eigenvalue weighted by Crippen LogP contribution is -2.15. The average Bonchev–Trinajstić information content (AvgIpc) is 2.27. The topological polar surface area (TPSA) is 38.9 Å². The third-order valence-electron chi connectivity index (χ3n) is 2.93. The van der Waals surface area contributed by atoms with Crippen molar-refractivity contribution in [3.63, 3.8) is 0 Å². The number of hydrogen-bond donors (Lipinski definition) is 1. The van der Waals surface area contributed by atoms with Gasteiger partial charge >= 0.3 is 0 Å². The van der Waals surface area contributed by atoms with E-state index in [-0.39, 0.29) is 0 Å². The first-order chi connectivity index (χ1) is 7.27. The largest absolute Gasteiger partial charge is 0.330 e. The third-order valence-corrected chi connectivity index (χ3v) is 2.93. The van der Waals surface area contributed by atoms with Crippen LogP contribution in [0.25, 0.3) is 0 Å². The standard InChI is InChI=1S/C13H22N2/c1-3-4-11(2)9-13(10-14)12-5-7-15-8-6-12/h5-8,11,13H,3-4,9-10,14H2,1-2H3/t11-,13+/m1/s1. The van der Waals surface area contributed by atoms with Crippen LogP contribution in [-0.4, -0.2) is 11.5 Å². The maximum atomic E-state index is 5.83. The Labute approximate surface area is 92.9 Å². The third kappa shape index (κ3) is 4.00. The van der Waals surface area contributed by atoms with Crippen LogP contribution >= 0.6 is 0 Å². The van der Waals surface area contributed by atoms with Crippen LogP contribution in [-0.2, 0) is 0 Å². The van der Waals surface area contributed by atoms with Crippen molar-refractivity contribution in [2.45, 2.75) is 39.0 Å². The minimum atomic E-state index is 0.495. The smallest absolute Gasteiger partial charge is 0.0270 e. The molecule has 1 rings (SSSR count). The molecule has 0 radical (unpaired) electrons. The Hall–Kier alpha value is -0.890. The molecular formula is C13H22N2. The molecule has 1 aromatic heterocycles. The van der Waals surface area contributed by atoms with Gasteiger partial charge in [-0.1, -0.05) is 26.7 Å². The highest BCUT2D eigenvalue weighted by atomic mass is 14.6. The van der Waals surface area contributed by atoms with Crippen molar-refractivity contribution >= 4 is 0 Å². The summed E-state index contributed by atoms with van der Waals surface area (Å²) in [5.74, 6) is 1.26. The molecule has 0 spiro atoms. The second-order valence-corrected chi connectivity index (χ2v) is 4.34. The summed E-state index contributed by atoms with van der Waals surface area (Å²) in [5.41, 5.74) is 7.16. The maximum absolute atomic E-state index is 5.83. The second kappa shape index (κ2) is 6.57. The maximum Gasteiger partial charge on any atom is 0.0270 e. The van der Waals surface area contributed by atoms with Crippen molar-refractivity contribution < 1.29 is 0 Å². The number of aromatic nitrogens is 1. The highest BCUT2D eigenvalue weighted by Gasteiger charge is 2.13. The Morgan fingerprint density at radius 1 is 1.33 bits per heavy atom. The molecule has 0 fully saturated rings. The van der Waals surface area contributed by atoms with E-state index in [9.17, 15) is 0 Å². The van der Waals surface area contributed by atoms with Gasteiger partial charge in [-0.15, -0.1) is 0 Å². The lowest BCUT2D eigenvalue weighted by atomic mass is 9.88. The van der Waals surface area contributed by atoms with Gasteiger partial charge in [0, 0.05) is 12.4 Å². The molecule has 84 valence electrons. The molecule has 0 aliphatic rings. The zero-order valence-electron chi connectivity index (χ0n) is 9.82. The van der Waals surface area contributed by atoms with Gasteiger partial charge in [-0.05, 0) is 42.5 Å². The van der Waals surface area contributed by atoms with Gasteiger partial charge in [-0.3, -0.25) is 4.98 Å². The van der Waals surface area contributed by atoms with E-state index < -0.39 is 0 Å². The van der Waals surface area contributed by atoms with E-state index in [1.165, 1.54) is 24.8 Å². The fraction of sp³-hybridized carbons (Fsp3) is 0.615. The van der Waals surface area contributed by atoms with Gasteiger partial charge in [-0.2, -0.15) is 0 Å². The summed E-state index contributed by atoms with van der Waals surface area (Å²) < 4.78 is 0. The molecule has 0 unspecified atom stereocenters. The quantitative estimate of drug-likeness (QED) is 0.777. The lowest BCUT2D eigenvalue weighted by molar-refractivity contribution is 0.438. The fourth-order valence-corrected chi connectivity index (χ4v) is 2.10. The van der Waals surface area contributed by atoms with Gasteiger partial charge in [0.1, 0.15) is 0 Å². The van der Waals surface area contributed by atoms with E-state index in [1.54, 1.807) is 0 Å². The first-order valence-corrected chi connectivity index (χ1v) is 5.87. The molecule has 2 N–H and O–H groups in total. The Morgan fingerprint density at radius 3 is 2.53 bits per heavy atom. The summed E-state index contributed by atoms with van der Waals surface area (Å²) in [6.45, 7) is 5.28. The van der Waals surface area contributed by atoms with Crippen molar-refractivity contribution in [1.82, 2.24) is 4.98 Å². The van der Waals surface area contributed by atoms with E-state index >= 15 is 0 Å². The van der Waals surface area contributed by atoms with Crippen molar-refractivity contribution in [1.29, 1.82) is 0 Å². The first kappa shape index (κ1) is 12.2. The minimum Gasteiger partial charge on any atom is -0.330 e. The Morgan fingerprint density at radius 2 is 2.00 bits per heavy atom. The van der Waals surface area contributed by atoms with Crippen LogP contribution in [0.15, 0.2) is 24.5 Å². The number of hydrogen-bond acceptors (Lipinski definition) is 2. The lowest BCUT2D eigenvalue weighted by Gasteiger charge is -2.19. The average molecular weight is 206 g/mol. The van der Waals surface area contributed by atoms with Crippen LogP contribution in [0, 0.1) is 5.92 Å². The predicted molar refractivity (Wildman–Crippen MR) is 64.7 cm³/mol. The molecule has 0 bridgehead atoms.